The Morgan fingerprint density at radius 3 is 1.79 bits per heavy atom. The summed E-state index contributed by atoms with van der Waals surface area (Å²) >= 11 is 0. The van der Waals surface area contributed by atoms with Gasteiger partial charge in [-0.25, -0.2) is 5.10 Å². The normalized spacial score (nSPS) is 12.1. The second kappa shape index (κ2) is 3.93. The average Bonchev–Trinajstić information content (AvgIpc) is 2.28. The summed E-state index contributed by atoms with van der Waals surface area (Å²) in [5.74, 6) is 0. The Bertz CT molecular complexity index is 474. The molecule has 0 spiro atoms. The van der Waals surface area contributed by atoms with E-state index >= 15 is 0 Å². The van der Waals surface area contributed by atoms with Gasteiger partial charge in [0.1, 0.15) is 0 Å². The molecule has 0 aliphatic rings. The van der Waals surface area contributed by atoms with Gasteiger partial charge in [-0.15, -0.1) is 5.10 Å². The number of rotatable bonds is 2. The first kappa shape index (κ1) is 13.5. The fourth-order valence-corrected chi connectivity index (χ4v) is 1.21. The van der Waals surface area contributed by atoms with Crippen molar-refractivity contribution in [3.05, 3.63) is 0 Å². The molecule has 12 heteroatoms. The van der Waals surface area contributed by atoms with E-state index in [2.05, 4.69) is 10.1 Å². The molecule has 0 aliphatic carbocycles. The molecule has 0 radical (unpaired) electrons. The Balaban J connectivity index is 0.00000169. The maximum absolute atomic E-state index is 12.0. The van der Waals surface area contributed by atoms with Gasteiger partial charge in [-0.2, -0.15) is 21.8 Å². The first-order valence-electron chi connectivity index (χ1n) is 2.53. The molecular weight excluding hydrogens is 239 g/mol. The van der Waals surface area contributed by atoms with Crippen LogP contribution in [0.2, 0.25) is 0 Å². The molecule has 0 bridgehead atoms. The fraction of sp³-hybridized carbons (Fsp3) is 0. The summed E-state index contributed by atoms with van der Waals surface area (Å²) in [6.45, 7) is 0. The van der Waals surface area contributed by atoms with Crippen molar-refractivity contribution in [1.29, 1.82) is 0 Å². The van der Waals surface area contributed by atoms with Crippen molar-refractivity contribution >= 4 is 39.3 Å². The van der Waals surface area contributed by atoms with E-state index in [1.165, 1.54) is 5.10 Å². The van der Waals surface area contributed by atoms with Gasteiger partial charge < -0.3 is 0 Å². The predicted molar refractivity (Wildman–Crippen MR) is 40.1 cm³/mol. The summed E-state index contributed by atoms with van der Waals surface area (Å²) in [5, 5.41) is 1.26. The second-order valence-corrected chi connectivity index (χ2v) is 4.30. The third-order valence-electron chi connectivity index (χ3n) is 0.893. The summed E-state index contributed by atoms with van der Waals surface area (Å²) < 4.78 is 64.3. The number of hydrogen-bond donors (Lipinski definition) is 1. The van der Waals surface area contributed by atoms with Crippen LogP contribution in [0.3, 0.4) is 0 Å². The second-order valence-electron chi connectivity index (χ2n) is 1.80. The molecule has 0 aromatic carbocycles. The van der Waals surface area contributed by atoms with E-state index in [4.69, 9.17) is 0 Å². The minimum atomic E-state index is -5.23. The van der Waals surface area contributed by atoms with Crippen LogP contribution in [-0.2, 0) is 20.4 Å². The molecule has 0 amide bonds. The molecule has 1 aromatic rings. The average molecular weight is 241 g/mol. The van der Waals surface area contributed by atoms with Crippen molar-refractivity contribution in [2.75, 3.05) is 0 Å². The van der Waals surface area contributed by atoms with Crippen LogP contribution in [0.25, 0.3) is 0 Å². The molecule has 1 heterocycles. The predicted octanol–water partition coefficient (Wildman–Crippen LogP) is -1.53. The minimum absolute atomic E-state index is 0. The van der Waals surface area contributed by atoms with Crippen molar-refractivity contribution in [3.8, 4) is 0 Å². The molecule has 0 saturated carbocycles. The summed E-state index contributed by atoms with van der Waals surface area (Å²) in [4.78, 5) is 2.56. The van der Waals surface area contributed by atoms with E-state index in [0.29, 0.717) is 0 Å². The summed E-state index contributed by atoms with van der Waals surface area (Å²) in [6.07, 6.45) is 0. The third-order valence-corrected chi connectivity index (χ3v) is 2.16. The summed E-state index contributed by atoms with van der Waals surface area (Å²) in [5.41, 5.74) is 0. The van der Waals surface area contributed by atoms with E-state index < -0.39 is 30.8 Å². The van der Waals surface area contributed by atoms with Crippen LogP contribution in [0.1, 0.15) is 0 Å². The topological polar surface area (TPSA) is 110 Å². The van der Waals surface area contributed by atoms with Gasteiger partial charge in [0.2, 0.25) is 0 Å². The SMILES string of the molecule is O=S(=O)(F)c1n[nH]c(S(=O)(=O)F)n1.[LiH]. The van der Waals surface area contributed by atoms with Crippen LogP contribution in [0.15, 0.2) is 10.3 Å². The molecule has 1 aromatic heterocycles. The zero-order valence-corrected chi connectivity index (χ0v) is 7.23. The van der Waals surface area contributed by atoms with Gasteiger partial charge in [0, 0.05) is 0 Å². The van der Waals surface area contributed by atoms with Gasteiger partial charge in [-0.05, 0) is 0 Å². The van der Waals surface area contributed by atoms with Crippen molar-refractivity contribution in [2.45, 2.75) is 10.3 Å². The van der Waals surface area contributed by atoms with Crippen LogP contribution < -0.4 is 0 Å². The Hall–Kier alpha value is -0.503. The fourth-order valence-electron chi connectivity index (χ4n) is 0.451. The Morgan fingerprint density at radius 1 is 1.07 bits per heavy atom. The molecule has 0 saturated heterocycles. The van der Waals surface area contributed by atoms with Gasteiger partial charge in [-0.3, -0.25) is 0 Å². The van der Waals surface area contributed by atoms with E-state index in [-0.39, 0.29) is 18.9 Å². The Morgan fingerprint density at radius 2 is 1.57 bits per heavy atom. The van der Waals surface area contributed by atoms with E-state index in [1.54, 1.807) is 0 Å². The van der Waals surface area contributed by atoms with Crippen molar-refractivity contribution in [3.63, 3.8) is 0 Å². The van der Waals surface area contributed by atoms with Crippen molar-refractivity contribution in [2.24, 2.45) is 0 Å². The van der Waals surface area contributed by atoms with Gasteiger partial charge in [-0.1, -0.05) is 7.77 Å². The van der Waals surface area contributed by atoms with Crippen LogP contribution in [0.5, 0.6) is 0 Å². The Labute approximate surface area is 89.5 Å². The van der Waals surface area contributed by atoms with E-state index in [0.717, 1.165) is 0 Å². The zero-order chi connectivity index (χ0) is 10.3. The number of halogens is 2. The van der Waals surface area contributed by atoms with E-state index in [9.17, 15) is 24.6 Å². The monoisotopic (exact) mass is 241 g/mol. The molecule has 1 N–H and O–H groups in total. The molecular formula is C2H2F2LiN3O4S2. The van der Waals surface area contributed by atoms with Gasteiger partial charge in [0.15, 0.2) is 0 Å². The molecule has 76 valence electrons. The molecule has 0 aliphatic heterocycles. The molecule has 7 nitrogen and oxygen atoms in total. The maximum atomic E-state index is 12.0. The molecule has 14 heavy (non-hydrogen) atoms. The van der Waals surface area contributed by atoms with E-state index in [1.807, 2.05) is 0 Å². The van der Waals surface area contributed by atoms with Crippen LogP contribution >= 0.6 is 0 Å². The first-order chi connectivity index (χ1) is 5.71. The van der Waals surface area contributed by atoms with Crippen LogP contribution in [0, 0.1) is 0 Å². The molecule has 0 fully saturated rings. The van der Waals surface area contributed by atoms with Crippen LogP contribution in [0.4, 0.5) is 7.77 Å². The quantitative estimate of drug-likeness (QED) is 0.497. The Kier molecular flexibility index (Phi) is 3.79. The standard InChI is InChI=1S/C2HF2N3O4S2.Li.H/c3-12(8,9)1-5-2(7-6-1)13(4,10)11;;/h(H,5,6,7);;. The number of hydrogen-bond acceptors (Lipinski definition) is 6. The van der Waals surface area contributed by atoms with Crippen molar-refractivity contribution < 1.29 is 24.6 Å². The van der Waals surface area contributed by atoms with Gasteiger partial charge in [0.25, 0.3) is 10.3 Å². The van der Waals surface area contributed by atoms with Crippen LogP contribution in [-0.4, -0.2) is 50.9 Å². The third kappa shape index (κ3) is 3.02. The molecule has 0 atom stereocenters. The molecule has 0 unspecified atom stereocenters. The number of nitrogens with one attached hydrogen (secondary N) is 1. The zero-order valence-electron chi connectivity index (χ0n) is 5.60. The number of aromatic amines is 1. The number of aromatic nitrogens is 3. The van der Waals surface area contributed by atoms with Crippen molar-refractivity contribution in [1.82, 2.24) is 15.2 Å². The van der Waals surface area contributed by atoms with Gasteiger partial charge >= 0.3 is 39.3 Å². The summed E-state index contributed by atoms with van der Waals surface area (Å²) in [6, 6.07) is 0. The first-order valence-corrected chi connectivity index (χ1v) is 5.29. The van der Waals surface area contributed by atoms with Gasteiger partial charge in [0.05, 0.1) is 0 Å². The summed E-state index contributed by atoms with van der Waals surface area (Å²) in [7, 11) is -10.4. The molecule has 1 rings (SSSR count). The number of nitrogens with zero attached hydrogens (tertiary/aromatic N) is 2. The number of H-pyrrole nitrogens is 1.